The second kappa shape index (κ2) is 8.10. The molecule has 1 fully saturated rings. The minimum absolute atomic E-state index is 0.0124. The van der Waals surface area contributed by atoms with Gasteiger partial charge in [-0.25, -0.2) is 0 Å². The summed E-state index contributed by atoms with van der Waals surface area (Å²) >= 11 is 0. The fraction of sp³-hybridized carbons (Fsp3) is 0.562. The molecule has 5 nitrogen and oxygen atoms in total. The minimum Gasteiger partial charge on any atom is -0.435 e. The van der Waals surface area contributed by atoms with E-state index in [2.05, 4.69) is 16.7 Å². The first-order valence-corrected chi connectivity index (χ1v) is 7.73. The highest BCUT2D eigenvalue weighted by molar-refractivity contribution is 5.78. The molecule has 1 aromatic carbocycles. The molecule has 0 saturated carbocycles. The third kappa shape index (κ3) is 5.35. The van der Waals surface area contributed by atoms with Crippen molar-refractivity contribution in [1.82, 2.24) is 4.90 Å². The summed E-state index contributed by atoms with van der Waals surface area (Å²) in [7, 11) is 0. The summed E-state index contributed by atoms with van der Waals surface area (Å²) in [6.45, 7) is 1.09. The van der Waals surface area contributed by atoms with E-state index in [0.29, 0.717) is 17.4 Å². The quantitative estimate of drug-likeness (QED) is 0.643. The second-order valence-electron chi connectivity index (χ2n) is 5.86. The van der Waals surface area contributed by atoms with E-state index in [0.717, 1.165) is 19.5 Å². The summed E-state index contributed by atoms with van der Waals surface area (Å²) < 4.78 is 28.8. The number of halogens is 2. The van der Waals surface area contributed by atoms with Crippen LogP contribution < -0.4 is 10.5 Å². The number of aliphatic imine (C=N–C) groups is 1. The van der Waals surface area contributed by atoms with Crippen LogP contribution in [0, 0.1) is 5.92 Å². The molecule has 0 amide bonds. The zero-order valence-electron chi connectivity index (χ0n) is 13.2. The van der Waals surface area contributed by atoms with Gasteiger partial charge >= 0.3 is 6.61 Å². The number of hydrogen-bond acceptors (Lipinski definition) is 3. The van der Waals surface area contributed by atoms with Crippen LogP contribution >= 0.6 is 0 Å². The van der Waals surface area contributed by atoms with E-state index < -0.39 is 12.7 Å². The first-order valence-electron chi connectivity index (χ1n) is 7.73. The third-order valence-electron chi connectivity index (χ3n) is 3.88. The van der Waals surface area contributed by atoms with Crippen LogP contribution in [-0.4, -0.2) is 42.2 Å². The molecule has 0 radical (unpaired) electrons. The number of hydrogen-bond donors (Lipinski definition) is 2. The van der Waals surface area contributed by atoms with Crippen molar-refractivity contribution in [1.29, 1.82) is 0 Å². The Labute approximate surface area is 134 Å². The highest BCUT2D eigenvalue weighted by atomic mass is 19.3. The minimum atomic E-state index is -2.89. The number of guanidine groups is 1. The lowest BCUT2D eigenvalue weighted by Gasteiger charge is -2.31. The van der Waals surface area contributed by atoms with Crippen molar-refractivity contribution in [3.63, 3.8) is 0 Å². The predicted molar refractivity (Wildman–Crippen MR) is 84.5 cm³/mol. The van der Waals surface area contributed by atoms with Gasteiger partial charge in [0.25, 0.3) is 0 Å². The number of nitrogens with zero attached hydrogens (tertiary/aromatic N) is 2. The maximum Gasteiger partial charge on any atom is 0.387 e. The molecule has 1 heterocycles. The Morgan fingerprint density at radius 1 is 1.52 bits per heavy atom. The lowest BCUT2D eigenvalue weighted by molar-refractivity contribution is -0.0499. The zero-order valence-corrected chi connectivity index (χ0v) is 13.2. The third-order valence-corrected chi connectivity index (χ3v) is 3.88. The van der Waals surface area contributed by atoms with Gasteiger partial charge in [-0.05, 0) is 36.5 Å². The van der Waals surface area contributed by atoms with Gasteiger partial charge in [0.1, 0.15) is 5.75 Å². The van der Waals surface area contributed by atoms with Crippen LogP contribution in [0.4, 0.5) is 8.78 Å². The van der Waals surface area contributed by atoms with Crippen molar-refractivity contribution in [2.45, 2.75) is 32.5 Å². The Bertz CT molecular complexity index is 540. The maximum atomic E-state index is 12.2. The SMILES string of the molecule is CC1CCCN(C(N)=NCC(O)c2cccc(OC(F)F)c2)C1. The summed E-state index contributed by atoms with van der Waals surface area (Å²) in [5.74, 6) is 1.000. The van der Waals surface area contributed by atoms with Crippen LogP contribution in [0.1, 0.15) is 31.4 Å². The number of ether oxygens (including phenoxy) is 1. The molecule has 0 spiro atoms. The first kappa shape index (κ1) is 17.5. The molecule has 0 bridgehead atoms. The van der Waals surface area contributed by atoms with E-state index in [1.807, 2.05) is 4.90 Å². The average molecular weight is 327 g/mol. The smallest absolute Gasteiger partial charge is 0.387 e. The maximum absolute atomic E-state index is 12.2. The van der Waals surface area contributed by atoms with E-state index in [4.69, 9.17) is 5.73 Å². The number of piperidine rings is 1. The number of nitrogens with two attached hydrogens (primary N) is 1. The van der Waals surface area contributed by atoms with E-state index >= 15 is 0 Å². The van der Waals surface area contributed by atoms with E-state index in [1.54, 1.807) is 12.1 Å². The molecule has 7 heteroatoms. The first-order chi connectivity index (χ1) is 11.0. The number of alkyl halides is 2. The summed E-state index contributed by atoms with van der Waals surface area (Å²) in [5.41, 5.74) is 6.44. The second-order valence-corrected chi connectivity index (χ2v) is 5.86. The van der Waals surface area contributed by atoms with Gasteiger partial charge in [0.15, 0.2) is 5.96 Å². The Hall–Kier alpha value is -1.89. The van der Waals surface area contributed by atoms with Crippen LogP contribution in [0.5, 0.6) is 5.75 Å². The highest BCUT2D eigenvalue weighted by Gasteiger charge is 2.18. The molecule has 1 aliphatic heterocycles. The van der Waals surface area contributed by atoms with Crippen molar-refractivity contribution in [3.8, 4) is 5.75 Å². The molecule has 128 valence electrons. The number of aliphatic hydroxyl groups is 1. The Balaban J connectivity index is 1.95. The summed E-state index contributed by atoms with van der Waals surface area (Å²) in [4.78, 5) is 6.24. The Kier molecular flexibility index (Phi) is 6.15. The Morgan fingerprint density at radius 3 is 3.00 bits per heavy atom. The van der Waals surface area contributed by atoms with Gasteiger partial charge in [-0.1, -0.05) is 19.1 Å². The largest absolute Gasteiger partial charge is 0.435 e. The van der Waals surface area contributed by atoms with Gasteiger partial charge in [0, 0.05) is 13.1 Å². The van der Waals surface area contributed by atoms with Crippen LogP contribution in [0.25, 0.3) is 0 Å². The molecule has 0 aromatic heterocycles. The van der Waals surface area contributed by atoms with Gasteiger partial charge in [-0.15, -0.1) is 0 Å². The molecule has 1 aliphatic rings. The number of benzene rings is 1. The van der Waals surface area contributed by atoms with Crippen molar-refractivity contribution < 1.29 is 18.6 Å². The van der Waals surface area contributed by atoms with Crippen LogP contribution in [0.3, 0.4) is 0 Å². The lowest BCUT2D eigenvalue weighted by atomic mass is 10.0. The van der Waals surface area contributed by atoms with Crippen molar-refractivity contribution in [3.05, 3.63) is 29.8 Å². The van der Waals surface area contributed by atoms with Crippen molar-refractivity contribution in [2.24, 2.45) is 16.6 Å². The van der Waals surface area contributed by atoms with E-state index in [9.17, 15) is 13.9 Å². The molecule has 2 unspecified atom stereocenters. The molecule has 1 aromatic rings. The summed E-state index contributed by atoms with van der Waals surface area (Å²) in [5, 5.41) is 10.2. The highest BCUT2D eigenvalue weighted by Crippen LogP contribution is 2.21. The topological polar surface area (TPSA) is 71.1 Å². The zero-order chi connectivity index (χ0) is 16.8. The standard InChI is InChI=1S/C16H23F2N3O2/c1-11-4-3-7-21(10-11)16(19)20-9-14(22)12-5-2-6-13(8-12)23-15(17)18/h2,5-6,8,11,14-15,22H,3-4,7,9-10H2,1H3,(H2,19,20). The van der Waals surface area contributed by atoms with Gasteiger partial charge in [0.05, 0.1) is 12.6 Å². The van der Waals surface area contributed by atoms with Crippen LogP contribution in [0.2, 0.25) is 0 Å². The summed E-state index contributed by atoms with van der Waals surface area (Å²) in [6, 6.07) is 5.98. The Morgan fingerprint density at radius 2 is 2.30 bits per heavy atom. The van der Waals surface area contributed by atoms with Crippen molar-refractivity contribution in [2.75, 3.05) is 19.6 Å². The molecule has 0 aliphatic carbocycles. The number of likely N-dealkylation sites (tertiary alicyclic amines) is 1. The van der Waals surface area contributed by atoms with Gasteiger partial charge < -0.3 is 20.5 Å². The van der Waals surface area contributed by atoms with E-state index in [-0.39, 0.29) is 12.3 Å². The average Bonchev–Trinajstić information content (AvgIpc) is 2.52. The fourth-order valence-electron chi connectivity index (χ4n) is 2.68. The van der Waals surface area contributed by atoms with E-state index in [1.165, 1.54) is 18.6 Å². The molecular formula is C16H23F2N3O2. The molecule has 2 atom stereocenters. The number of aliphatic hydroxyl groups excluding tert-OH is 1. The molecular weight excluding hydrogens is 304 g/mol. The molecule has 2 rings (SSSR count). The van der Waals surface area contributed by atoms with Gasteiger partial charge in [0.2, 0.25) is 0 Å². The van der Waals surface area contributed by atoms with Crippen LogP contribution in [-0.2, 0) is 0 Å². The van der Waals surface area contributed by atoms with Gasteiger partial charge in [-0.2, -0.15) is 8.78 Å². The summed E-state index contributed by atoms with van der Waals surface area (Å²) in [6.07, 6.45) is 1.34. The van der Waals surface area contributed by atoms with Crippen molar-refractivity contribution >= 4 is 5.96 Å². The van der Waals surface area contributed by atoms with Gasteiger partial charge in [-0.3, -0.25) is 4.99 Å². The normalized spacial score (nSPS) is 20.7. The lowest BCUT2D eigenvalue weighted by Crippen LogP contribution is -2.43. The molecule has 3 N–H and O–H groups in total. The molecule has 23 heavy (non-hydrogen) atoms. The number of rotatable bonds is 5. The molecule has 1 saturated heterocycles. The monoisotopic (exact) mass is 327 g/mol. The van der Waals surface area contributed by atoms with Crippen LogP contribution in [0.15, 0.2) is 29.3 Å². The predicted octanol–water partition coefficient (Wildman–Crippen LogP) is 2.37. The fourth-order valence-corrected chi connectivity index (χ4v) is 2.68.